The van der Waals surface area contributed by atoms with Crippen LogP contribution in [0.15, 0.2) is 34.1 Å². The van der Waals surface area contributed by atoms with Gasteiger partial charge in [-0.3, -0.25) is 4.79 Å². The first-order valence-corrected chi connectivity index (χ1v) is 9.05. The Morgan fingerprint density at radius 3 is 3.00 bits per heavy atom. The molecule has 0 bridgehead atoms. The molecule has 2 aromatic heterocycles. The first-order valence-electron chi connectivity index (χ1n) is 6.56. The van der Waals surface area contributed by atoms with Crippen LogP contribution < -0.4 is 0 Å². The lowest BCUT2D eigenvalue weighted by Crippen LogP contribution is -1.97. The molecule has 2 heterocycles. The average molecular weight is 363 g/mol. The van der Waals surface area contributed by atoms with Crippen molar-refractivity contribution in [3.63, 3.8) is 0 Å². The van der Waals surface area contributed by atoms with Crippen molar-refractivity contribution in [1.82, 2.24) is 0 Å². The monoisotopic (exact) mass is 362 g/mol. The second kappa shape index (κ2) is 4.79. The van der Waals surface area contributed by atoms with Crippen LogP contribution in [0.3, 0.4) is 0 Å². The molecule has 1 nitrogen and oxygen atoms in total. The maximum atomic E-state index is 12.7. The summed E-state index contributed by atoms with van der Waals surface area (Å²) >= 11 is 6.87. The fourth-order valence-electron chi connectivity index (χ4n) is 2.77. The highest BCUT2D eigenvalue weighted by Crippen LogP contribution is 2.36. The SMILES string of the molecule is O=C(c1cc2c(s1)CCC2)c1csc2c(Br)cccc12. The van der Waals surface area contributed by atoms with Crippen LogP contribution in [0.1, 0.15) is 32.1 Å². The maximum absolute atomic E-state index is 12.7. The van der Waals surface area contributed by atoms with Crippen LogP contribution in [0.5, 0.6) is 0 Å². The molecule has 0 saturated heterocycles. The molecule has 3 aromatic rings. The molecule has 0 N–H and O–H groups in total. The summed E-state index contributed by atoms with van der Waals surface area (Å²) in [5.74, 6) is 0.175. The largest absolute Gasteiger partial charge is 0.288 e. The van der Waals surface area contributed by atoms with Crippen LogP contribution in [0.2, 0.25) is 0 Å². The van der Waals surface area contributed by atoms with E-state index in [0.29, 0.717) is 0 Å². The molecular weight excluding hydrogens is 352 g/mol. The van der Waals surface area contributed by atoms with E-state index in [2.05, 4.69) is 22.0 Å². The second-order valence-electron chi connectivity index (χ2n) is 5.01. The van der Waals surface area contributed by atoms with Gasteiger partial charge in [-0.1, -0.05) is 12.1 Å². The van der Waals surface area contributed by atoms with Crippen molar-refractivity contribution >= 4 is 54.5 Å². The lowest BCUT2D eigenvalue weighted by Gasteiger charge is -1.98. The van der Waals surface area contributed by atoms with E-state index in [0.717, 1.165) is 37.8 Å². The minimum atomic E-state index is 0.175. The molecule has 1 aromatic carbocycles. The number of carbonyl (C=O) groups excluding carboxylic acids is 1. The third-order valence-electron chi connectivity index (χ3n) is 3.77. The predicted octanol–water partition coefficient (Wildman–Crippen LogP) is 5.45. The molecule has 1 aliphatic rings. The zero-order valence-electron chi connectivity index (χ0n) is 10.6. The van der Waals surface area contributed by atoms with Gasteiger partial charge in [-0.2, -0.15) is 0 Å². The highest BCUT2D eigenvalue weighted by atomic mass is 79.9. The zero-order chi connectivity index (χ0) is 13.7. The van der Waals surface area contributed by atoms with E-state index in [-0.39, 0.29) is 5.78 Å². The van der Waals surface area contributed by atoms with Gasteiger partial charge in [0.1, 0.15) is 0 Å². The van der Waals surface area contributed by atoms with Crippen molar-refractivity contribution in [2.24, 2.45) is 0 Å². The minimum absolute atomic E-state index is 0.175. The standard InChI is InChI=1S/C16H11BrOS2/c17-12-5-2-4-10-11(8-19-16(10)12)15(18)14-7-9-3-1-6-13(9)20-14/h2,4-5,7-8H,1,3,6H2. The van der Waals surface area contributed by atoms with E-state index in [9.17, 15) is 4.79 Å². The number of halogens is 1. The molecule has 0 atom stereocenters. The first-order chi connectivity index (χ1) is 9.74. The number of carbonyl (C=O) groups is 1. The molecule has 20 heavy (non-hydrogen) atoms. The van der Waals surface area contributed by atoms with Crippen molar-refractivity contribution in [1.29, 1.82) is 0 Å². The Labute approximate surface area is 133 Å². The summed E-state index contributed by atoms with van der Waals surface area (Å²) in [6.07, 6.45) is 3.52. The quantitative estimate of drug-likeness (QED) is 0.554. The molecule has 0 spiro atoms. The molecule has 0 radical (unpaired) electrons. The van der Waals surface area contributed by atoms with E-state index in [1.54, 1.807) is 22.7 Å². The minimum Gasteiger partial charge on any atom is -0.288 e. The Hall–Kier alpha value is -0.970. The smallest absolute Gasteiger partial charge is 0.204 e. The highest BCUT2D eigenvalue weighted by molar-refractivity contribution is 9.10. The summed E-state index contributed by atoms with van der Waals surface area (Å²) in [6.45, 7) is 0. The summed E-state index contributed by atoms with van der Waals surface area (Å²) in [6, 6.07) is 8.15. The number of hydrogen-bond donors (Lipinski definition) is 0. The Kier molecular flexibility index (Phi) is 3.05. The second-order valence-corrected chi connectivity index (χ2v) is 7.88. The summed E-state index contributed by atoms with van der Waals surface area (Å²) in [4.78, 5) is 15.0. The van der Waals surface area contributed by atoms with Gasteiger partial charge in [-0.15, -0.1) is 22.7 Å². The molecular formula is C16H11BrOS2. The Morgan fingerprint density at radius 2 is 2.15 bits per heavy atom. The van der Waals surface area contributed by atoms with Crippen LogP contribution in [-0.2, 0) is 12.8 Å². The van der Waals surface area contributed by atoms with E-state index < -0.39 is 0 Å². The van der Waals surface area contributed by atoms with Crippen LogP contribution in [0, 0.1) is 0 Å². The zero-order valence-corrected chi connectivity index (χ0v) is 13.8. The van der Waals surface area contributed by atoms with Gasteiger partial charge in [0.2, 0.25) is 5.78 Å². The molecule has 0 aliphatic heterocycles. The summed E-state index contributed by atoms with van der Waals surface area (Å²) in [5.41, 5.74) is 2.23. The number of thiophene rings is 2. The molecule has 4 rings (SSSR count). The Balaban J connectivity index is 1.82. The van der Waals surface area contributed by atoms with Crippen LogP contribution >= 0.6 is 38.6 Å². The van der Waals surface area contributed by atoms with E-state index in [1.807, 2.05) is 23.6 Å². The van der Waals surface area contributed by atoms with Crippen LogP contribution in [0.25, 0.3) is 10.1 Å². The van der Waals surface area contributed by atoms with Gasteiger partial charge in [0.25, 0.3) is 0 Å². The van der Waals surface area contributed by atoms with Gasteiger partial charge in [-0.05, 0) is 52.9 Å². The topological polar surface area (TPSA) is 17.1 Å². The van der Waals surface area contributed by atoms with Crippen molar-refractivity contribution in [3.8, 4) is 0 Å². The molecule has 1 aliphatic carbocycles. The fraction of sp³-hybridized carbons (Fsp3) is 0.188. The molecule has 0 unspecified atom stereocenters. The molecule has 0 fully saturated rings. The van der Waals surface area contributed by atoms with Crippen molar-refractivity contribution in [2.45, 2.75) is 19.3 Å². The van der Waals surface area contributed by atoms with Crippen molar-refractivity contribution in [2.75, 3.05) is 0 Å². The average Bonchev–Trinajstić information content (AvgIpc) is 3.11. The number of fused-ring (bicyclic) bond motifs is 2. The number of benzene rings is 1. The van der Waals surface area contributed by atoms with Crippen LogP contribution in [-0.4, -0.2) is 5.78 Å². The van der Waals surface area contributed by atoms with E-state index >= 15 is 0 Å². The van der Waals surface area contributed by atoms with Crippen LogP contribution in [0.4, 0.5) is 0 Å². The van der Waals surface area contributed by atoms with E-state index in [4.69, 9.17) is 0 Å². The van der Waals surface area contributed by atoms with Gasteiger partial charge in [-0.25, -0.2) is 0 Å². The normalized spacial score (nSPS) is 13.8. The van der Waals surface area contributed by atoms with Gasteiger partial charge < -0.3 is 0 Å². The third kappa shape index (κ3) is 1.90. The summed E-state index contributed by atoms with van der Waals surface area (Å²) in [5, 5.41) is 3.05. The maximum Gasteiger partial charge on any atom is 0.204 e. The van der Waals surface area contributed by atoms with Gasteiger partial charge in [0, 0.05) is 30.4 Å². The lowest BCUT2D eigenvalue weighted by molar-refractivity contribution is 0.104. The van der Waals surface area contributed by atoms with Crippen molar-refractivity contribution in [3.05, 3.63) is 55.0 Å². The number of aryl methyl sites for hydroxylation is 2. The third-order valence-corrected chi connectivity index (χ3v) is 6.96. The Bertz CT molecular complexity index is 807. The lowest BCUT2D eigenvalue weighted by atomic mass is 10.1. The molecule has 0 amide bonds. The van der Waals surface area contributed by atoms with Gasteiger partial charge in [0.05, 0.1) is 4.88 Å². The molecule has 4 heteroatoms. The first kappa shape index (κ1) is 12.7. The summed E-state index contributed by atoms with van der Waals surface area (Å²) in [7, 11) is 0. The number of rotatable bonds is 2. The number of ketones is 1. The van der Waals surface area contributed by atoms with Crippen molar-refractivity contribution < 1.29 is 4.79 Å². The Morgan fingerprint density at radius 1 is 1.25 bits per heavy atom. The summed E-state index contributed by atoms with van der Waals surface area (Å²) < 4.78 is 2.22. The number of hydrogen-bond acceptors (Lipinski definition) is 3. The molecule has 0 saturated carbocycles. The predicted molar refractivity (Wildman–Crippen MR) is 89.3 cm³/mol. The van der Waals surface area contributed by atoms with Gasteiger partial charge >= 0.3 is 0 Å². The highest BCUT2D eigenvalue weighted by Gasteiger charge is 2.21. The van der Waals surface area contributed by atoms with E-state index in [1.165, 1.54) is 16.9 Å². The molecule has 100 valence electrons. The fourth-order valence-corrected chi connectivity index (χ4v) is 5.58. The van der Waals surface area contributed by atoms with Gasteiger partial charge in [0.15, 0.2) is 0 Å².